The summed E-state index contributed by atoms with van der Waals surface area (Å²) in [6.07, 6.45) is 1.60. The number of carbonyl (C=O) groups excluding carboxylic acids is 1. The van der Waals surface area contributed by atoms with Crippen LogP contribution in [0.3, 0.4) is 0 Å². The molecule has 2 heterocycles. The Kier molecular flexibility index (Phi) is 4.54. The molecule has 130 valence electrons. The SMILES string of the molecule is COC(=O)C1Cc2c([nH]c3cc(OC)c(C)cc23)C(CC(C)C)N1. The molecule has 2 N–H and O–H groups in total. The Hall–Kier alpha value is -2.01. The van der Waals surface area contributed by atoms with Gasteiger partial charge in [-0.15, -0.1) is 0 Å². The van der Waals surface area contributed by atoms with Crippen molar-refractivity contribution in [1.29, 1.82) is 0 Å². The average Bonchev–Trinajstić information content (AvgIpc) is 2.90. The number of rotatable bonds is 4. The zero-order chi connectivity index (χ0) is 17.4. The van der Waals surface area contributed by atoms with Crippen molar-refractivity contribution in [2.24, 2.45) is 5.92 Å². The molecule has 0 saturated carbocycles. The Morgan fingerprint density at radius 2 is 2.08 bits per heavy atom. The maximum absolute atomic E-state index is 12.1. The molecule has 1 aliphatic heterocycles. The second kappa shape index (κ2) is 6.48. The normalized spacial score (nSPS) is 20.2. The molecule has 5 heteroatoms. The molecule has 1 aromatic carbocycles. The Labute approximate surface area is 142 Å². The fourth-order valence-corrected chi connectivity index (χ4v) is 3.68. The number of benzene rings is 1. The number of ether oxygens (including phenoxy) is 2. The van der Waals surface area contributed by atoms with Crippen LogP contribution in [0, 0.1) is 12.8 Å². The van der Waals surface area contributed by atoms with Gasteiger partial charge < -0.3 is 14.5 Å². The van der Waals surface area contributed by atoms with Gasteiger partial charge in [-0.2, -0.15) is 0 Å². The first-order valence-corrected chi connectivity index (χ1v) is 8.47. The first kappa shape index (κ1) is 16.8. The minimum atomic E-state index is -0.298. The van der Waals surface area contributed by atoms with Crippen molar-refractivity contribution in [1.82, 2.24) is 10.3 Å². The van der Waals surface area contributed by atoms with Gasteiger partial charge >= 0.3 is 5.97 Å². The third kappa shape index (κ3) is 2.88. The van der Waals surface area contributed by atoms with Crippen LogP contribution in [0.2, 0.25) is 0 Å². The number of aromatic nitrogens is 1. The number of aryl methyl sites for hydroxylation is 1. The van der Waals surface area contributed by atoms with Gasteiger partial charge in [-0.05, 0) is 36.5 Å². The third-order valence-corrected chi connectivity index (χ3v) is 4.81. The lowest BCUT2D eigenvalue weighted by Gasteiger charge is -2.31. The molecule has 5 nitrogen and oxygen atoms in total. The molecule has 2 aromatic rings. The Bertz CT molecular complexity index is 764. The summed E-state index contributed by atoms with van der Waals surface area (Å²) in [5.74, 6) is 1.20. The van der Waals surface area contributed by atoms with E-state index in [1.807, 2.05) is 13.0 Å². The topological polar surface area (TPSA) is 63.4 Å². The van der Waals surface area contributed by atoms with E-state index in [2.05, 4.69) is 30.2 Å². The van der Waals surface area contributed by atoms with Crippen LogP contribution in [0.5, 0.6) is 5.75 Å². The summed E-state index contributed by atoms with van der Waals surface area (Å²) in [4.78, 5) is 15.7. The van der Waals surface area contributed by atoms with Crippen LogP contribution < -0.4 is 10.1 Å². The number of hydrogen-bond donors (Lipinski definition) is 2. The summed E-state index contributed by atoms with van der Waals surface area (Å²) in [6, 6.07) is 4.02. The van der Waals surface area contributed by atoms with Gasteiger partial charge in [0.05, 0.1) is 14.2 Å². The lowest BCUT2D eigenvalue weighted by Crippen LogP contribution is -2.45. The lowest BCUT2D eigenvalue weighted by molar-refractivity contribution is -0.143. The van der Waals surface area contributed by atoms with Gasteiger partial charge in [0, 0.05) is 35.1 Å². The van der Waals surface area contributed by atoms with Gasteiger partial charge in [0.25, 0.3) is 0 Å². The summed E-state index contributed by atoms with van der Waals surface area (Å²) in [5, 5.41) is 4.63. The zero-order valence-electron chi connectivity index (χ0n) is 15.0. The zero-order valence-corrected chi connectivity index (χ0v) is 15.0. The van der Waals surface area contributed by atoms with Crippen molar-refractivity contribution in [2.75, 3.05) is 14.2 Å². The fraction of sp³-hybridized carbons (Fsp3) is 0.526. The molecule has 2 unspecified atom stereocenters. The van der Waals surface area contributed by atoms with Crippen molar-refractivity contribution >= 4 is 16.9 Å². The van der Waals surface area contributed by atoms with E-state index in [0.717, 1.165) is 23.3 Å². The molecule has 24 heavy (non-hydrogen) atoms. The Morgan fingerprint density at radius 1 is 1.33 bits per heavy atom. The first-order valence-electron chi connectivity index (χ1n) is 8.47. The van der Waals surface area contributed by atoms with E-state index in [1.54, 1.807) is 7.11 Å². The van der Waals surface area contributed by atoms with Crippen molar-refractivity contribution in [2.45, 2.75) is 45.7 Å². The van der Waals surface area contributed by atoms with E-state index in [0.29, 0.717) is 12.3 Å². The maximum Gasteiger partial charge on any atom is 0.323 e. The van der Waals surface area contributed by atoms with E-state index >= 15 is 0 Å². The molecular weight excluding hydrogens is 304 g/mol. The van der Waals surface area contributed by atoms with Crippen LogP contribution in [0.25, 0.3) is 10.9 Å². The summed E-state index contributed by atoms with van der Waals surface area (Å²) in [7, 11) is 3.13. The van der Waals surface area contributed by atoms with Crippen LogP contribution in [-0.4, -0.2) is 31.2 Å². The highest BCUT2D eigenvalue weighted by Gasteiger charge is 2.34. The summed E-state index contributed by atoms with van der Waals surface area (Å²) < 4.78 is 10.4. The van der Waals surface area contributed by atoms with Gasteiger partial charge in [0.15, 0.2) is 0 Å². The van der Waals surface area contributed by atoms with Gasteiger partial charge in [-0.25, -0.2) is 0 Å². The molecule has 0 saturated heterocycles. The second-order valence-corrected chi connectivity index (χ2v) is 7.01. The van der Waals surface area contributed by atoms with E-state index in [9.17, 15) is 4.79 Å². The molecule has 0 fully saturated rings. The highest BCUT2D eigenvalue weighted by atomic mass is 16.5. The molecule has 1 aromatic heterocycles. The van der Waals surface area contributed by atoms with E-state index in [-0.39, 0.29) is 18.1 Å². The Balaban J connectivity index is 2.11. The number of aromatic amines is 1. The number of fused-ring (bicyclic) bond motifs is 3. The predicted molar refractivity (Wildman–Crippen MR) is 94.4 cm³/mol. The second-order valence-electron chi connectivity index (χ2n) is 7.01. The number of H-pyrrole nitrogens is 1. The summed E-state index contributed by atoms with van der Waals surface area (Å²) >= 11 is 0. The van der Waals surface area contributed by atoms with Crippen LogP contribution in [0.4, 0.5) is 0 Å². The maximum atomic E-state index is 12.1. The molecule has 0 spiro atoms. The lowest BCUT2D eigenvalue weighted by atomic mass is 9.89. The van der Waals surface area contributed by atoms with Crippen molar-refractivity contribution in [3.8, 4) is 5.75 Å². The van der Waals surface area contributed by atoms with E-state index in [4.69, 9.17) is 9.47 Å². The van der Waals surface area contributed by atoms with Crippen molar-refractivity contribution < 1.29 is 14.3 Å². The molecule has 0 aliphatic carbocycles. The van der Waals surface area contributed by atoms with Gasteiger partial charge in [-0.3, -0.25) is 10.1 Å². The van der Waals surface area contributed by atoms with E-state index < -0.39 is 0 Å². The van der Waals surface area contributed by atoms with Gasteiger partial charge in [-0.1, -0.05) is 13.8 Å². The smallest absolute Gasteiger partial charge is 0.323 e. The fourth-order valence-electron chi connectivity index (χ4n) is 3.68. The third-order valence-electron chi connectivity index (χ3n) is 4.81. The van der Waals surface area contributed by atoms with Crippen molar-refractivity contribution in [3.05, 3.63) is 29.0 Å². The van der Waals surface area contributed by atoms with Gasteiger partial charge in [0.2, 0.25) is 0 Å². The monoisotopic (exact) mass is 330 g/mol. The Morgan fingerprint density at radius 3 is 2.71 bits per heavy atom. The van der Waals surface area contributed by atoms with Crippen LogP contribution in [-0.2, 0) is 16.0 Å². The molecule has 0 amide bonds. The van der Waals surface area contributed by atoms with Gasteiger partial charge in [0.1, 0.15) is 11.8 Å². The number of hydrogen-bond acceptors (Lipinski definition) is 4. The molecular formula is C19H26N2O3. The van der Waals surface area contributed by atoms with Crippen LogP contribution in [0.1, 0.15) is 43.1 Å². The number of carbonyl (C=O) groups is 1. The number of methoxy groups -OCH3 is 2. The first-order chi connectivity index (χ1) is 11.4. The minimum Gasteiger partial charge on any atom is -0.496 e. The van der Waals surface area contributed by atoms with Crippen LogP contribution >= 0.6 is 0 Å². The van der Waals surface area contributed by atoms with E-state index in [1.165, 1.54) is 23.8 Å². The minimum absolute atomic E-state index is 0.122. The average molecular weight is 330 g/mol. The summed E-state index contributed by atoms with van der Waals surface area (Å²) in [6.45, 7) is 6.43. The largest absolute Gasteiger partial charge is 0.496 e. The number of nitrogens with one attached hydrogen (secondary N) is 2. The standard InChI is InChI=1S/C19H26N2O3/c1-10(2)6-15-18-13(8-16(20-15)19(22)24-5)12-7-11(3)17(23-4)9-14(12)21-18/h7,9-10,15-16,20-21H,6,8H2,1-5H3. The summed E-state index contributed by atoms with van der Waals surface area (Å²) in [5.41, 5.74) is 4.56. The van der Waals surface area contributed by atoms with Crippen LogP contribution in [0.15, 0.2) is 12.1 Å². The number of esters is 1. The molecule has 0 bridgehead atoms. The highest BCUT2D eigenvalue weighted by molar-refractivity contribution is 5.89. The molecule has 3 rings (SSSR count). The quantitative estimate of drug-likeness (QED) is 0.845. The molecule has 0 radical (unpaired) electrons. The highest BCUT2D eigenvalue weighted by Crippen LogP contribution is 2.37. The molecule has 1 aliphatic rings. The molecule has 2 atom stereocenters. The predicted octanol–water partition coefficient (Wildman–Crippen LogP) is 3.26. The van der Waals surface area contributed by atoms with Crippen molar-refractivity contribution in [3.63, 3.8) is 0 Å².